The number of carbonyl (C=O) groups is 1. The molecule has 3 rings (SSSR count). The van der Waals surface area contributed by atoms with Crippen LogP contribution in [0, 0.1) is 17.7 Å². The fourth-order valence-electron chi connectivity index (χ4n) is 4.20. The lowest BCUT2D eigenvalue weighted by atomic mass is 9.71. The number of halogens is 1. The molecule has 144 valence electrons. The van der Waals surface area contributed by atoms with E-state index in [2.05, 4.69) is 10.6 Å². The molecule has 0 radical (unpaired) electrons. The van der Waals surface area contributed by atoms with Gasteiger partial charge in [0.1, 0.15) is 5.82 Å². The van der Waals surface area contributed by atoms with Crippen molar-refractivity contribution in [2.24, 2.45) is 11.8 Å². The van der Waals surface area contributed by atoms with E-state index in [4.69, 9.17) is 0 Å². The van der Waals surface area contributed by atoms with Crippen molar-refractivity contribution in [3.63, 3.8) is 0 Å². The molecular formula is C20H30FN3O2. The van der Waals surface area contributed by atoms with Crippen LogP contribution in [-0.2, 0) is 11.3 Å². The fourth-order valence-corrected chi connectivity index (χ4v) is 4.20. The van der Waals surface area contributed by atoms with Gasteiger partial charge in [-0.25, -0.2) is 4.39 Å². The minimum Gasteiger partial charge on any atom is -0.393 e. The Morgan fingerprint density at radius 2 is 2.00 bits per heavy atom. The second-order valence-electron chi connectivity index (χ2n) is 7.83. The number of amides is 1. The van der Waals surface area contributed by atoms with E-state index in [0.717, 1.165) is 38.8 Å². The number of hydrogen-bond acceptors (Lipinski definition) is 4. The Balaban J connectivity index is 1.54. The van der Waals surface area contributed by atoms with Crippen LogP contribution in [0.5, 0.6) is 0 Å². The van der Waals surface area contributed by atoms with Crippen molar-refractivity contribution in [2.75, 3.05) is 26.7 Å². The van der Waals surface area contributed by atoms with Crippen LogP contribution >= 0.6 is 0 Å². The van der Waals surface area contributed by atoms with Crippen molar-refractivity contribution in [2.45, 2.75) is 44.4 Å². The molecule has 1 saturated heterocycles. The first-order valence-electron chi connectivity index (χ1n) is 9.63. The zero-order valence-electron chi connectivity index (χ0n) is 15.5. The number of rotatable bonds is 7. The summed E-state index contributed by atoms with van der Waals surface area (Å²) in [6.45, 7) is 2.62. The molecule has 1 unspecified atom stereocenters. The summed E-state index contributed by atoms with van der Waals surface area (Å²) < 4.78 is 13.8. The molecule has 3 N–H and O–H groups in total. The second-order valence-corrected chi connectivity index (χ2v) is 7.83. The molecule has 1 aliphatic heterocycles. The number of carbonyl (C=O) groups excluding carboxylic acids is 1. The van der Waals surface area contributed by atoms with Gasteiger partial charge in [-0.15, -0.1) is 0 Å². The van der Waals surface area contributed by atoms with Gasteiger partial charge in [-0.2, -0.15) is 0 Å². The molecule has 1 amide bonds. The summed E-state index contributed by atoms with van der Waals surface area (Å²) in [7, 11) is 1.83. The molecule has 5 nitrogen and oxygen atoms in total. The Labute approximate surface area is 155 Å². The second kappa shape index (κ2) is 8.93. The molecule has 1 aromatic carbocycles. The summed E-state index contributed by atoms with van der Waals surface area (Å²) in [5.41, 5.74) is 0.597. The van der Waals surface area contributed by atoms with Gasteiger partial charge >= 0.3 is 0 Å². The summed E-state index contributed by atoms with van der Waals surface area (Å²) in [5.74, 6) is 0.577. The zero-order valence-corrected chi connectivity index (χ0v) is 15.5. The third-order valence-electron chi connectivity index (χ3n) is 5.69. The topological polar surface area (TPSA) is 64.6 Å². The summed E-state index contributed by atoms with van der Waals surface area (Å²) in [6.07, 6.45) is 3.45. The number of nitrogens with one attached hydrogen (secondary N) is 2. The predicted octanol–water partition coefficient (Wildman–Crippen LogP) is 1.51. The Morgan fingerprint density at radius 1 is 1.31 bits per heavy atom. The molecule has 0 aromatic heterocycles. The smallest absolute Gasteiger partial charge is 0.234 e. The van der Waals surface area contributed by atoms with E-state index in [1.54, 1.807) is 18.2 Å². The lowest BCUT2D eigenvalue weighted by Gasteiger charge is -2.43. The molecule has 1 aliphatic carbocycles. The van der Waals surface area contributed by atoms with Crippen LogP contribution in [0.2, 0.25) is 0 Å². The summed E-state index contributed by atoms with van der Waals surface area (Å²) >= 11 is 0. The van der Waals surface area contributed by atoms with Crippen LogP contribution in [0.3, 0.4) is 0 Å². The van der Waals surface area contributed by atoms with Crippen molar-refractivity contribution >= 4 is 5.91 Å². The lowest BCUT2D eigenvalue weighted by Crippen LogP contribution is -2.54. The fraction of sp³-hybridized carbons (Fsp3) is 0.650. The maximum absolute atomic E-state index is 13.8. The van der Waals surface area contributed by atoms with Gasteiger partial charge < -0.3 is 15.7 Å². The first-order valence-corrected chi connectivity index (χ1v) is 9.63. The third-order valence-corrected chi connectivity index (χ3v) is 5.69. The number of aliphatic hydroxyl groups is 1. The Morgan fingerprint density at radius 3 is 2.65 bits per heavy atom. The van der Waals surface area contributed by atoms with Crippen LogP contribution in [0.25, 0.3) is 0 Å². The van der Waals surface area contributed by atoms with Gasteiger partial charge in [-0.3, -0.25) is 9.69 Å². The van der Waals surface area contributed by atoms with Crippen LogP contribution in [0.15, 0.2) is 24.3 Å². The normalized spacial score (nSPS) is 24.9. The summed E-state index contributed by atoms with van der Waals surface area (Å²) in [5, 5.41) is 16.3. The van der Waals surface area contributed by atoms with Gasteiger partial charge in [0, 0.05) is 18.2 Å². The Hall–Kier alpha value is -1.50. The minimum atomic E-state index is -0.240. The molecule has 2 aliphatic rings. The van der Waals surface area contributed by atoms with E-state index in [-0.39, 0.29) is 30.4 Å². The highest BCUT2D eigenvalue weighted by Crippen LogP contribution is 2.35. The third kappa shape index (κ3) is 5.02. The van der Waals surface area contributed by atoms with Crippen LogP contribution < -0.4 is 10.6 Å². The number of piperidine rings is 1. The van der Waals surface area contributed by atoms with Crippen molar-refractivity contribution in [1.82, 2.24) is 15.5 Å². The van der Waals surface area contributed by atoms with Crippen molar-refractivity contribution in [3.8, 4) is 0 Å². The average molecular weight is 363 g/mol. The monoisotopic (exact) mass is 363 g/mol. The molecule has 1 heterocycles. The quantitative estimate of drug-likeness (QED) is 0.687. The van der Waals surface area contributed by atoms with Gasteiger partial charge in [0.05, 0.1) is 12.6 Å². The van der Waals surface area contributed by atoms with E-state index in [1.165, 1.54) is 6.07 Å². The average Bonchev–Trinajstić information content (AvgIpc) is 2.60. The van der Waals surface area contributed by atoms with Gasteiger partial charge in [-0.05, 0) is 63.7 Å². The summed E-state index contributed by atoms with van der Waals surface area (Å²) in [4.78, 5) is 14.4. The number of likely N-dealkylation sites (N-methyl/N-ethyl adjacent to an activating group) is 1. The van der Waals surface area contributed by atoms with E-state index >= 15 is 0 Å². The summed E-state index contributed by atoms with van der Waals surface area (Å²) in [6, 6.07) is 6.80. The van der Waals surface area contributed by atoms with Crippen molar-refractivity contribution in [3.05, 3.63) is 35.6 Å². The molecule has 1 saturated carbocycles. The molecule has 2 fully saturated rings. The van der Waals surface area contributed by atoms with Gasteiger partial charge in [0.2, 0.25) is 5.91 Å². The van der Waals surface area contributed by atoms with Crippen LogP contribution in [0.1, 0.15) is 31.2 Å². The number of nitrogens with zero attached hydrogens (tertiary/aromatic N) is 1. The van der Waals surface area contributed by atoms with Gasteiger partial charge in [0.15, 0.2) is 0 Å². The zero-order chi connectivity index (χ0) is 18.5. The van der Waals surface area contributed by atoms with Crippen LogP contribution in [0.4, 0.5) is 4.39 Å². The van der Waals surface area contributed by atoms with Crippen molar-refractivity contribution in [1.29, 1.82) is 0 Å². The SMILES string of the molecule is CN(CC(=O)NC(C1CCNCC1)C1CC(O)C1)Cc1ccccc1F. The number of hydrogen-bond donors (Lipinski definition) is 3. The van der Waals surface area contributed by atoms with E-state index < -0.39 is 0 Å². The lowest BCUT2D eigenvalue weighted by molar-refractivity contribution is -0.124. The first kappa shape index (κ1) is 19.3. The van der Waals surface area contributed by atoms with E-state index in [9.17, 15) is 14.3 Å². The largest absolute Gasteiger partial charge is 0.393 e. The highest BCUT2D eigenvalue weighted by Gasteiger charge is 2.39. The minimum absolute atomic E-state index is 0.0197. The predicted molar refractivity (Wildman–Crippen MR) is 99.0 cm³/mol. The molecule has 1 atom stereocenters. The first-order chi connectivity index (χ1) is 12.5. The molecule has 0 spiro atoms. The van der Waals surface area contributed by atoms with E-state index in [0.29, 0.717) is 23.9 Å². The molecule has 0 bridgehead atoms. The molecule has 26 heavy (non-hydrogen) atoms. The highest BCUT2D eigenvalue weighted by atomic mass is 19.1. The molecule has 6 heteroatoms. The molecular weight excluding hydrogens is 333 g/mol. The highest BCUT2D eigenvalue weighted by molar-refractivity contribution is 5.78. The number of aliphatic hydroxyl groups excluding tert-OH is 1. The van der Waals surface area contributed by atoms with Gasteiger partial charge in [-0.1, -0.05) is 18.2 Å². The van der Waals surface area contributed by atoms with Gasteiger partial charge in [0.25, 0.3) is 0 Å². The maximum atomic E-state index is 13.8. The Bertz CT molecular complexity index is 600. The van der Waals surface area contributed by atoms with E-state index in [1.807, 2.05) is 11.9 Å². The Kier molecular flexibility index (Phi) is 6.62. The standard InChI is InChI=1S/C20H30FN3O2/c1-24(12-15-4-2-3-5-18(15)21)13-19(26)23-20(16-10-17(25)11-16)14-6-8-22-9-7-14/h2-5,14,16-17,20,22,25H,6-13H2,1H3,(H,23,26). The van der Waals surface area contributed by atoms with Crippen molar-refractivity contribution < 1.29 is 14.3 Å². The maximum Gasteiger partial charge on any atom is 0.234 e. The van der Waals surface area contributed by atoms with Crippen LogP contribution in [-0.4, -0.2) is 54.7 Å². The molecule has 1 aromatic rings. The number of benzene rings is 1.